The van der Waals surface area contributed by atoms with Crippen molar-refractivity contribution in [3.05, 3.63) is 128 Å². The maximum absolute atomic E-state index is 3.15. The Hall–Kier alpha value is -2.19. The Bertz CT molecular complexity index is 2030. The number of benzene rings is 4. The molecule has 2 aliphatic carbocycles. The van der Waals surface area contributed by atoms with Crippen molar-refractivity contribution >= 4 is 12.2 Å². The van der Waals surface area contributed by atoms with Gasteiger partial charge in [-0.2, -0.15) is 0 Å². The summed E-state index contributed by atoms with van der Waals surface area (Å²) in [6, 6.07) is 29.9. The van der Waals surface area contributed by atoms with Crippen molar-refractivity contribution < 1.29 is 44.8 Å². The van der Waals surface area contributed by atoms with Gasteiger partial charge >= 0.3 is 356 Å². The minimum atomic E-state index is -3.15. The number of rotatable bonds is 8. The summed E-state index contributed by atoms with van der Waals surface area (Å²) >= 11 is -3.15. The second-order valence-corrected chi connectivity index (χ2v) is 40.1. The molecule has 7 rings (SSSR count). The molecular weight excluding hydrogens is 922 g/mol. The molecule has 0 aromatic heterocycles. The van der Waals surface area contributed by atoms with Crippen LogP contribution in [0.3, 0.4) is 0 Å². The SMILES string of the molecule is CC(C)CC1=Cc2c(-c3cc(C(C)(C)C)cc(C(C)(C)C)c3)cccc2[CH]1[Hf+2]1([CH]2C(CC(C)C)=Cc3c(-c4cc(C(C)(C)C)cc(C(C)(C)C)c4)cccc32)[CH2][CH2]1.[Cl-].[Cl-]. The van der Waals surface area contributed by atoms with Gasteiger partial charge in [0.2, 0.25) is 0 Å². The van der Waals surface area contributed by atoms with Gasteiger partial charge in [-0.3, -0.25) is 0 Å². The summed E-state index contributed by atoms with van der Waals surface area (Å²) in [5, 5.41) is 0. The Morgan fingerprint density at radius 2 is 0.780 bits per heavy atom. The topological polar surface area (TPSA) is 0 Å². The van der Waals surface area contributed by atoms with Gasteiger partial charge in [-0.05, 0) is 0 Å². The molecule has 1 heterocycles. The molecule has 316 valence electrons. The Morgan fingerprint density at radius 1 is 0.475 bits per heavy atom. The van der Waals surface area contributed by atoms with Crippen LogP contribution < -0.4 is 24.8 Å². The molecule has 4 aromatic carbocycles. The molecule has 0 saturated carbocycles. The predicted octanol–water partition coefficient (Wildman–Crippen LogP) is 10.9. The molecule has 4 aromatic rings. The second-order valence-electron chi connectivity index (χ2n) is 23.4. The van der Waals surface area contributed by atoms with Crippen LogP contribution in [0, 0.1) is 11.8 Å². The first-order valence-corrected chi connectivity index (χ1v) is 31.6. The maximum Gasteiger partial charge on any atom is -1.00 e. The van der Waals surface area contributed by atoms with Crippen molar-refractivity contribution in [2.45, 2.75) is 161 Å². The van der Waals surface area contributed by atoms with E-state index in [4.69, 9.17) is 0 Å². The van der Waals surface area contributed by atoms with E-state index in [0.29, 0.717) is 19.2 Å². The van der Waals surface area contributed by atoms with Crippen molar-refractivity contribution in [2.75, 3.05) is 0 Å². The average molecular weight is 997 g/mol. The molecule has 2 unspecified atom stereocenters. The van der Waals surface area contributed by atoms with Gasteiger partial charge in [-0.25, -0.2) is 0 Å². The Morgan fingerprint density at radius 3 is 1.03 bits per heavy atom. The first kappa shape index (κ1) is 47.9. The van der Waals surface area contributed by atoms with Gasteiger partial charge in [-0.15, -0.1) is 0 Å². The van der Waals surface area contributed by atoms with Crippen LogP contribution in [-0.2, 0) is 41.6 Å². The smallest absolute Gasteiger partial charge is 1.00 e. The van der Waals surface area contributed by atoms with E-state index in [1.54, 1.807) is 22.3 Å². The molecule has 1 fully saturated rings. The van der Waals surface area contributed by atoms with Crippen LogP contribution >= 0.6 is 0 Å². The molecule has 0 bridgehead atoms. The molecule has 2 atom stereocenters. The van der Waals surface area contributed by atoms with E-state index in [2.05, 4.69) is 196 Å². The van der Waals surface area contributed by atoms with Crippen LogP contribution in [-0.4, -0.2) is 0 Å². The van der Waals surface area contributed by atoms with Gasteiger partial charge < -0.3 is 24.8 Å². The Kier molecular flexibility index (Phi) is 13.7. The molecule has 0 nitrogen and oxygen atoms in total. The van der Waals surface area contributed by atoms with Crippen molar-refractivity contribution in [1.82, 2.24) is 0 Å². The monoisotopic (exact) mass is 996 g/mol. The molecule has 3 heteroatoms. The summed E-state index contributed by atoms with van der Waals surface area (Å²) in [6.07, 6.45) is 7.85. The van der Waals surface area contributed by atoms with E-state index in [1.807, 2.05) is 0 Å². The van der Waals surface area contributed by atoms with Crippen molar-refractivity contribution in [3.8, 4) is 22.3 Å². The quantitative estimate of drug-likeness (QED) is 0.154. The van der Waals surface area contributed by atoms with E-state index in [9.17, 15) is 0 Å². The van der Waals surface area contributed by atoms with Gasteiger partial charge in [0, 0.05) is 0 Å². The summed E-state index contributed by atoms with van der Waals surface area (Å²) in [6.45, 7) is 38.2. The molecule has 0 radical (unpaired) electrons. The number of hydrogen-bond acceptors (Lipinski definition) is 0. The van der Waals surface area contributed by atoms with Crippen LogP contribution in [0.15, 0.2) is 83.9 Å². The van der Waals surface area contributed by atoms with Crippen LogP contribution in [0.1, 0.15) is 175 Å². The minimum Gasteiger partial charge on any atom is -1.00 e. The van der Waals surface area contributed by atoms with E-state index in [0.717, 1.165) is 0 Å². The van der Waals surface area contributed by atoms with E-state index < -0.39 is 20.0 Å². The van der Waals surface area contributed by atoms with Gasteiger partial charge in [-0.1, -0.05) is 0 Å². The Balaban J connectivity index is 0.00000331. The molecule has 0 amide bonds. The maximum atomic E-state index is 2.72. The van der Waals surface area contributed by atoms with Crippen LogP contribution in [0.5, 0.6) is 0 Å². The number of allylic oxidation sites excluding steroid dienone is 2. The number of halogens is 2. The summed E-state index contributed by atoms with van der Waals surface area (Å²) in [5.41, 5.74) is 21.7. The third-order valence-electron chi connectivity index (χ3n) is 13.5. The fraction of sp³-hybridized carbons (Fsp3) is 0.500. The molecule has 1 aliphatic heterocycles. The van der Waals surface area contributed by atoms with Gasteiger partial charge in [0.05, 0.1) is 0 Å². The van der Waals surface area contributed by atoms with Gasteiger partial charge in [0.25, 0.3) is 0 Å². The van der Waals surface area contributed by atoms with Crippen LogP contribution in [0.4, 0.5) is 0 Å². The third-order valence-corrected chi connectivity index (χ3v) is 32.6. The largest absolute Gasteiger partial charge is 1.00 e. The van der Waals surface area contributed by atoms with E-state index in [-0.39, 0.29) is 46.5 Å². The van der Waals surface area contributed by atoms with Crippen molar-refractivity contribution in [1.29, 1.82) is 0 Å². The average Bonchev–Trinajstić information content (AvgIpc) is 3.65. The fourth-order valence-corrected chi connectivity index (χ4v) is 38.2. The van der Waals surface area contributed by atoms with Crippen LogP contribution in [0.2, 0.25) is 8.35 Å². The zero-order valence-electron chi connectivity index (χ0n) is 39.5. The van der Waals surface area contributed by atoms with E-state index >= 15 is 0 Å². The normalized spacial score (nSPS) is 18.0. The number of hydrogen-bond donors (Lipinski definition) is 0. The first-order valence-electron chi connectivity index (χ1n) is 22.4. The summed E-state index contributed by atoms with van der Waals surface area (Å²) in [5.74, 6) is 1.27. The molecule has 0 spiro atoms. The standard InChI is InChI=1S/2C27H35.C2H4.2ClH.Hf/c2*1-18(2)12-19-13-20-10-9-11-24(25(20)14-19)21-15-22(26(3,4)5)17-23(16-21)27(6,7)8;1-2;;;/h2*9-11,13-18H,12H2,1-8H3;1-2H2;2*1H;/q;;;;;+2/p-2. The molecule has 59 heavy (non-hydrogen) atoms. The second kappa shape index (κ2) is 16.8. The zero-order valence-corrected chi connectivity index (χ0v) is 44.6. The minimum absolute atomic E-state index is 0. The van der Waals surface area contributed by atoms with Crippen molar-refractivity contribution in [2.24, 2.45) is 11.8 Å². The molecule has 0 N–H and O–H groups in total. The molecule has 3 aliphatic rings. The zero-order chi connectivity index (χ0) is 41.6. The predicted molar refractivity (Wildman–Crippen MR) is 249 cm³/mol. The van der Waals surface area contributed by atoms with Crippen molar-refractivity contribution in [3.63, 3.8) is 0 Å². The van der Waals surface area contributed by atoms with Gasteiger partial charge in [0.1, 0.15) is 0 Å². The Labute approximate surface area is 377 Å². The molecular formula is C56H74Cl2Hf. The summed E-state index contributed by atoms with van der Waals surface area (Å²) in [7, 11) is 0. The third kappa shape index (κ3) is 9.44. The van der Waals surface area contributed by atoms with Gasteiger partial charge in [0.15, 0.2) is 0 Å². The van der Waals surface area contributed by atoms with Crippen LogP contribution in [0.25, 0.3) is 34.4 Å². The fourth-order valence-electron chi connectivity index (χ4n) is 10.3. The first-order chi connectivity index (χ1) is 26.4. The summed E-state index contributed by atoms with van der Waals surface area (Å²) in [4.78, 5) is 0. The number of fused-ring (bicyclic) bond motifs is 2. The molecule has 1 saturated heterocycles. The summed E-state index contributed by atoms with van der Waals surface area (Å²) < 4.78 is 4.30. The van der Waals surface area contributed by atoms with E-state index in [1.165, 1.54) is 76.8 Å².